The number of aryl methyl sites for hydroxylation is 2. The zero-order chi connectivity index (χ0) is 22.0. The maximum atomic E-state index is 12.4. The summed E-state index contributed by atoms with van der Waals surface area (Å²) < 4.78 is 5.35. The molecule has 0 unspecified atom stereocenters. The summed E-state index contributed by atoms with van der Waals surface area (Å²) in [6.45, 7) is 3.38. The number of phenols is 2. The van der Waals surface area contributed by atoms with E-state index in [1.54, 1.807) is 19.9 Å². The van der Waals surface area contributed by atoms with Crippen molar-refractivity contribution in [2.75, 3.05) is 0 Å². The number of carboxylic acids is 1. The van der Waals surface area contributed by atoms with E-state index in [0.29, 0.717) is 33.2 Å². The van der Waals surface area contributed by atoms with Crippen LogP contribution in [0.5, 0.6) is 11.5 Å². The predicted octanol–water partition coefficient (Wildman–Crippen LogP) is 2.70. The van der Waals surface area contributed by atoms with Gasteiger partial charge < -0.3 is 25.1 Å². The molecule has 0 saturated heterocycles. The minimum Gasteiger partial charge on any atom is -0.508 e. The minimum absolute atomic E-state index is 0.0173. The Morgan fingerprint density at radius 3 is 2.33 bits per heavy atom. The lowest BCUT2D eigenvalue weighted by Crippen LogP contribution is -2.34. The second-order valence-corrected chi connectivity index (χ2v) is 7.01. The quantitative estimate of drug-likeness (QED) is 0.458. The summed E-state index contributed by atoms with van der Waals surface area (Å²) in [6.07, 6.45) is -0.0478. The van der Waals surface area contributed by atoms with Gasteiger partial charge in [-0.25, -0.2) is 9.59 Å². The summed E-state index contributed by atoms with van der Waals surface area (Å²) in [5.74, 6) is -1.79. The van der Waals surface area contributed by atoms with Gasteiger partial charge in [-0.3, -0.25) is 4.79 Å². The molecular weight excluding hydrogens is 390 g/mol. The van der Waals surface area contributed by atoms with Crippen molar-refractivity contribution in [3.05, 3.63) is 69.1 Å². The van der Waals surface area contributed by atoms with Crippen LogP contribution in [0.25, 0.3) is 11.0 Å². The summed E-state index contributed by atoms with van der Waals surface area (Å²) in [5, 5.41) is 31.7. The van der Waals surface area contributed by atoms with Gasteiger partial charge in [0.05, 0.1) is 0 Å². The van der Waals surface area contributed by atoms with Gasteiger partial charge in [0.1, 0.15) is 17.1 Å². The number of benzene rings is 2. The van der Waals surface area contributed by atoms with E-state index in [0.717, 1.165) is 0 Å². The van der Waals surface area contributed by atoms with E-state index in [2.05, 4.69) is 5.32 Å². The Hall–Kier alpha value is -3.81. The maximum absolute atomic E-state index is 12.4. The van der Waals surface area contributed by atoms with E-state index in [1.165, 1.54) is 30.3 Å². The SMILES string of the molecule is Cc1c(CCC(=O)N[C@H](C(=O)O)c2ccc(O)cc2)c(=O)oc2c(C)c(O)ccc12. The van der Waals surface area contributed by atoms with Crippen molar-refractivity contribution in [2.45, 2.75) is 32.7 Å². The van der Waals surface area contributed by atoms with Crippen molar-refractivity contribution >= 4 is 22.8 Å². The number of aromatic hydroxyl groups is 2. The summed E-state index contributed by atoms with van der Waals surface area (Å²) in [7, 11) is 0. The van der Waals surface area contributed by atoms with Crippen molar-refractivity contribution < 1.29 is 29.3 Å². The summed E-state index contributed by atoms with van der Waals surface area (Å²) in [4.78, 5) is 36.3. The van der Waals surface area contributed by atoms with Gasteiger partial charge in [0, 0.05) is 22.9 Å². The van der Waals surface area contributed by atoms with Crippen LogP contribution in [0, 0.1) is 13.8 Å². The van der Waals surface area contributed by atoms with E-state index in [9.17, 15) is 29.7 Å². The number of carbonyl (C=O) groups is 2. The molecule has 1 amide bonds. The molecule has 3 rings (SSSR count). The zero-order valence-corrected chi connectivity index (χ0v) is 16.4. The van der Waals surface area contributed by atoms with Gasteiger partial charge in [-0.1, -0.05) is 12.1 Å². The summed E-state index contributed by atoms with van der Waals surface area (Å²) in [6, 6.07) is 7.36. The first-order chi connectivity index (χ1) is 14.2. The average Bonchev–Trinajstić information content (AvgIpc) is 2.69. The van der Waals surface area contributed by atoms with Crippen LogP contribution in [0.15, 0.2) is 45.6 Å². The Bertz CT molecular complexity index is 1180. The van der Waals surface area contributed by atoms with Gasteiger partial charge in [0.2, 0.25) is 5.91 Å². The molecule has 0 radical (unpaired) electrons. The zero-order valence-electron chi connectivity index (χ0n) is 16.4. The number of carboxylic acid groups (broad SMARTS) is 1. The van der Waals surface area contributed by atoms with Gasteiger partial charge in [-0.2, -0.15) is 0 Å². The number of phenolic OH excluding ortho intramolecular Hbond substituents is 2. The number of carbonyl (C=O) groups excluding carboxylic acids is 1. The largest absolute Gasteiger partial charge is 0.508 e. The third kappa shape index (κ3) is 4.12. The molecule has 30 heavy (non-hydrogen) atoms. The lowest BCUT2D eigenvalue weighted by atomic mass is 10.00. The van der Waals surface area contributed by atoms with Crippen LogP contribution in [-0.2, 0) is 16.0 Å². The topological polar surface area (TPSA) is 137 Å². The normalized spacial score (nSPS) is 11.9. The third-order valence-corrected chi connectivity index (χ3v) is 5.06. The molecule has 0 aliphatic heterocycles. The molecule has 0 spiro atoms. The molecule has 8 heteroatoms. The highest BCUT2D eigenvalue weighted by Crippen LogP contribution is 2.28. The highest BCUT2D eigenvalue weighted by molar-refractivity contribution is 5.86. The van der Waals surface area contributed by atoms with Crippen LogP contribution >= 0.6 is 0 Å². The average molecular weight is 411 g/mol. The first-order valence-electron chi connectivity index (χ1n) is 9.25. The molecule has 3 aromatic rings. The molecule has 4 N–H and O–H groups in total. The Balaban J connectivity index is 1.79. The molecule has 1 aromatic heterocycles. The lowest BCUT2D eigenvalue weighted by Gasteiger charge is -2.15. The van der Waals surface area contributed by atoms with Gasteiger partial charge in [-0.05, 0) is 55.7 Å². The number of aliphatic carboxylic acids is 1. The van der Waals surface area contributed by atoms with Crippen molar-refractivity contribution in [1.29, 1.82) is 0 Å². The smallest absolute Gasteiger partial charge is 0.339 e. The van der Waals surface area contributed by atoms with Crippen molar-refractivity contribution in [1.82, 2.24) is 5.32 Å². The number of hydrogen-bond donors (Lipinski definition) is 4. The molecule has 0 saturated carbocycles. The molecule has 1 atom stereocenters. The van der Waals surface area contributed by atoms with E-state index in [4.69, 9.17) is 4.42 Å². The predicted molar refractivity (Wildman–Crippen MR) is 109 cm³/mol. The third-order valence-electron chi connectivity index (χ3n) is 5.06. The Morgan fingerprint density at radius 2 is 1.70 bits per heavy atom. The van der Waals surface area contributed by atoms with Gasteiger partial charge in [-0.15, -0.1) is 0 Å². The monoisotopic (exact) mass is 411 g/mol. The van der Waals surface area contributed by atoms with Crippen LogP contribution in [0.3, 0.4) is 0 Å². The van der Waals surface area contributed by atoms with Crippen molar-refractivity contribution in [2.24, 2.45) is 0 Å². The Labute approximate surface area is 171 Å². The van der Waals surface area contributed by atoms with Crippen molar-refractivity contribution in [3.63, 3.8) is 0 Å². The van der Waals surface area contributed by atoms with Crippen LogP contribution < -0.4 is 10.9 Å². The maximum Gasteiger partial charge on any atom is 0.339 e. The standard InChI is InChI=1S/C22H21NO7/c1-11-15-7-9-17(25)12(2)20(15)30-22(29)16(11)8-10-18(26)23-19(21(27)28)13-3-5-14(24)6-4-13/h3-7,9,19,24-25H,8,10H2,1-2H3,(H,23,26)(H,27,28)/t19-/m0/s1. The number of amides is 1. The second-order valence-electron chi connectivity index (χ2n) is 7.01. The number of fused-ring (bicyclic) bond motifs is 1. The molecule has 0 aliphatic rings. The van der Waals surface area contributed by atoms with E-state index >= 15 is 0 Å². The van der Waals surface area contributed by atoms with E-state index < -0.39 is 23.5 Å². The molecule has 0 bridgehead atoms. The van der Waals surface area contributed by atoms with Crippen LogP contribution in [0.4, 0.5) is 0 Å². The highest BCUT2D eigenvalue weighted by atomic mass is 16.4. The molecule has 2 aromatic carbocycles. The fraction of sp³-hybridized carbons (Fsp3) is 0.227. The van der Waals surface area contributed by atoms with Crippen LogP contribution in [0.1, 0.15) is 34.7 Å². The van der Waals surface area contributed by atoms with Crippen LogP contribution in [-0.4, -0.2) is 27.2 Å². The molecular formula is C22H21NO7. The molecule has 0 aliphatic carbocycles. The minimum atomic E-state index is -1.28. The van der Waals surface area contributed by atoms with Crippen LogP contribution in [0.2, 0.25) is 0 Å². The number of nitrogens with one attached hydrogen (secondary N) is 1. The molecule has 8 nitrogen and oxygen atoms in total. The van der Waals surface area contributed by atoms with E-state index in [1.807, 2.05) is 0 Å². The number of hydrogen-bond acceptors (Lipinski definition) is 6. The van der Waals surface area contributed by atoms with E-state index in [-0.39, 0.29) is 24.3 Å². The summed E-state index contributed by atoms with van der Waals surface area (Å²) >= 11 is 0. The molecule has 0 fully saturated rings. The highest BCUT2D eigenvalue weighted by Gasteiger charge is 2.23. The number of rotatable bonds is 6. The van der Waals surface area contributed by atoms with Gasteiger partial charge in [0.15, 0.2) is 6.04 Å². The van der Waals surface area contributed by atoms with Gasteiger partial charge in [0.25, 0.3) is 0 Å². The first-order valence-corrected chi connectivity index (χ1v) is 9.25. The summed E-state index contributed by atoms with van der Waals surface area (Å²) in [5.41, 5.74) is 1.42. The lowest BCUT2D eigenvalue weighted by molar-refractivity contribution is -0.142. The Kier molecular flexibility index (Phi) is 5.77. The van der Waals surface area contributed by atoms with Crippen molar-refractivity contribution in [3.8, 4) is 11.5 Å². The Morgan fingerprint density at radius 1 is 1.03 bits per heavy atom. The molecule has 1 heterocycles. The molecule has 156 valence electrons. The first kappa shape index (κ1) is 20.9. The second kappa shape index (κ2) is 8.28. The van der Waals surface area contributed by atoms with Gasteiger partial charge >= 0.3 is 11.6 Å². The fourth-order valence-corrected chi connectivity index (χ4v) is 3.29. The fourth-order valence-electron chi connectivity index (χ4n) is 3.29.